The van der Waals surface area contributed by atoms with Gasteiger partial charge < -0.3 is 14.7 Å². The predicted molar refractivity (Wildman–Crippen MR) is 95.4 cm³/mol. The minimum atomic E-state index is -0.813. The third-order valence-corrected chi connectivity index (χ3v) is 4.66. The number of nitrogens with zero attached hydrogens (tertiary/aromatic N) is 2. The largest absolute Gasteiger partial charge is 0.480 e. The van der Waals surface area contributed by atoms with Gasteiger partial charge in [0.05, 0.1) is 13.2 Å². The summed E-state index contributed by atoms with van der Waals surface area (Å²) in [6.45, 7) is 2.07. The first-order valence-electron chi connectivity index (χ1n) is 8.87. The summed E-state index contributed by atoms with van der Waals surface area (Å²) in [6.07, 6.45) is 3.42. The van der Waals surface area contributed by atoms with Gasteiger partial charge >= 0.3 is 5.97 Å². The molecule has 2 rings (SSSR count). The van der Waals surface area contributed by atoms with Crippen LogP contribution in [0.25, 0.3) is 0 Å². The van der Waals surface area contributed by atoms with E-state index in [4.69, 9.17) is 9.84 Å². The number of benzene rings is 1. The Labute approximate surface area is 149 Å². The lowest BCUT2D eigenvalue weighted by molar-refractivity contribution is -0.139. The number of carbonyl (C=O) groups excluding carboxylic acids is 1. The molecule has 1 aromatic rings. The highest BCUT2D eigenvalue weighted by Gasteiger charge is 2.23. The van der Waals surface area contributed by atoms with Crippen molar-refractivity contribution in [1.82, 2.24) is 9.80 Å². The average Bonchev–Trinajstić information content (AvgIpc) is 2.85. The lowest BCUT2D eigenvalue weighted by atomic mass is 10.1. The number of likely N-dealkylation sites (tertiary alicyclic amines) is 1. The zero-order valence-corrected chi connectivity index (χ0v) is 14.9. The SMILES string of the molecule is CN(CC(=O)O)C1CCCN(C(=O)COCCc2ccccc2)CC1. The van der Waals surface area contributed by atoms with Crippen LogP contribution in [-0.2, 0) is 20.7 Å². The number of hydrogen-bond donors (Lipinski definition) is 1. The van der Waals surface area contributed by atoms with E-state index in [2.05, 4.69) is 0 Å². The number of carboxylic acid groups (broad SMARTS) is 1. The second-order valence-electron chi connectivity index (χ2n) is 6.56. The molecule has 1 fully saturated rings. The van der Waals surface area contributed by atoms with Gasteiger partial charge in [-0.3, -0.25) is 14.5 Å². The minimum absolute atomic E-state index is 0.0228. The molecule has 1 N–H and O–H groups in total. The van der Waals surface area contributed by atoms with Crippen LogP contribution in [-0.4, -0.2) is 72.7 Å². The van der Waals surface area contributed by atoms with E-state index in [-0.39, 0.29) is 25.1 Å². The van der Waals surface area contributed by atoms with E-state index in [0.717, 1.165) is 32.2 Å². The fraction of sp³-hybridized carbons (Fsp3) is 0.579. The number of aliphatic carboxylic acids is 1. The Bertz CT molecular complexity index is 550. The summed E-state index contributed by atoms with van der Waals surface area (Å²) < 4.78 is 5.54. The Morgan fingerprint density at radius 2 is 2.00 bits per heavy atom. The van der Waals surface area contributed by atoms with Gasteiger partial charge in [-0.2, -0.15) is 0 Å². The number of carboxylic acids is 1. The fourth-order valence-corrected chi connectivity index (χ4v) is 3.20. The summed E-state index contributed by atoms with van der Waals surface area (Å²) in [4.78, 5) is 26.9. The first-order chi connectivity index (χ1) is 12.1. The average molecular weight is 348 g/mol. The quantitative estimate of drug-likeness (QED) is 0.723. The van der Waals surface area contributed by atoms with Crippen molar-refractivity contribution in [3.05, 3.63) is 35.9 Å². The summed E-state index contributed by atoms with van der Waals surface area (Å²) in [6, 6.07) is 10.3. The monoisotopic (exact) mass is 348 g/mol. The van der Waals surface area contributed by atoms with Crippen LogP contribution in [0.2, 0.25) is 0 Å². The molecule has 25 heavy (non-hydrogen) atoms. The maximum Gasteiger partial charge on any atom is 0.317 e. The molecule has 0 aromatic heterocycles. The Morgan fingerprint density at radius 1 is 1.24 bits per heavy atom. The molecule has 1 amide bonds. The molecule has 0 bridgehead atoms. The third kappa shape index (κ3) is 6.84. The van der Waals surface area contributed by atoms with Crippen LogP contribution in [0, 0.1) is 0 Å². The van der Waals surface area contributed by atoms with Crippen LogP contribution in [0.3, 0.4) is 0 Å². The zero-order chi connectivity index (χ0) is 18.1. The number of rotatable bonds is 8. The lowest BCUT2D eigenvalue weighted by Gasteiger charge is -2.25. The number of ether oxygens (including phenoxy) is 1. The molecule has 1 aliphatic rings. The lowest BCUT2D eigenvalue weighted by Crippen LogP contribution is -2.38. The second-order valence-corrected chi connectivity index (χ2v) is 6.56. The first-order valence-corrected chi connectivity index (χ1v) is 8.87. The van der Waals surface area contributed by atoms with Gasteiger partial charge in [-0.05, 0) is 38.3 Å². The van der Waals surface area contributed by atoms with Crippen molar-refractivity contribution >= 4 is 11.9 Å². The van der Waals surface area contributed by atoms with Crippen molar-refractivity contribution in [3.8, 4) is 0 Å². The van der Waals surface area contributed by atoms with E-state index in [1.807, 2.05) is 47.2 Å². The highest BCUT2D eigenvalue weighted by atomic mass is 16.5. The molecule has 1 heterocycles. The highest BCUT2D eigenvalue weighted by Crippen LogP contribution is 2.16. The Morgan fingerprint density at radius 3 is 2.72 bits per heavy atom. The number of hydrogen-bond acceptors (Lipinski definition) is 4. The van der Waals surface area contributed by atoms with Crippen molar-refractivity contribution in [2.24, 2.45) is 0 Å². The maximum absolute atomic E-state index is 12.3. The van der Waals surface area contributed by atoms with Crippen LogP contribution in [0.5, 0.6) is 0 Å². The molecule has 0 spiro atoms. The first kappa shape index (κ1) is 19.4. The van der Waals surface area contributed by atoms with Gasteiger partial charge in [0.2, 0.25) is 5.91 Å². The normalized spacial score (nSPS) is 18.2. The van der Waals surface area contributed by atoms with Crippen molar-refractivity contribution in [3.63, 3.8) is 0 Å². The van der Waals surface area contributed by atoms with E-state index in [9.17, 15) is 9.59 Å². The molecule has 1 saturated heterocycles. The van der Waals surface area contributed by atoms with E-state index in [1.165, 1.54) is 5.56 Å². The van der Waals surface area contributed by atoms with Crippen LogP contribution in [0.1, 0.15) is 24.8 Å². The Kier molecular flexibility index (Phi) is 7.88. The molecule has 138 valence electrons. The Balaban J connectivity index is 1.68. The van der Waals surface area contributed by atoms with Gasteiger partial charge in [0.1, 0.15) is 6.61 Å². The van der Waals surface area contributed by atoms with Crippen molar-refractivity contribution in [2.45, 2.75) is 31.7 Å². The fourth-order valence-electron chi connectivity index (χ4n) is 3.20. The summed E-state index contributed by atoms with van der Waals surface area (Å²) >= 11 is 0. The van der Waals surface area contributed by atoms with Crippen LogP contribution >= 0.6 is 0 Å². The molecule has 1 atom stereocenters. The molecular weight excluding hydrogens is 320 g/mol. The molecule has 0 radical (unpaired) electrons. The molecular formula is C19H28N2O4. The van der Waals surface area contributed by atoms with Crippen LogP contribution < -0.4 is 0 Å². The van der Waals surface area contributed by atoms with Crippen molar-refractivity contribution in [1.29, 1.82) is 0 Å². The van der Waals surface area contributed by atoms with Gasteiger partial charge in [-0.25, -0.2) is 0 Å². The molecule has 6 nitrogen and oxygen atoms in total. The third-order valence-electron chi connectivity index (χ3n) is 4.66. The molecule has 6 heteroatoms. The van der Waals surface area contributed by atoms with E-state index in [0.29, 0.717) is 13.2 Å². The molecule has 1 aliphatic heterocycles. The maximum atomic E-state index is 12.3. The zero-order valence-electron chi connectivity index (χ0n) is 14.9. The minimum Gasteiger partial charge on any atom is -0.480 e. The molecule has 1 unspecified atom stereocenters. The number of amides is 1. The topological polar surface area (TPSA) is 70.1 Å². The highest BCUT2D eigenvalue weighted by molar-refractivity contribution is 5.77. The smallest absolute Gasteiger partial charge is 0.317 e. The van der Waals surface area contributed by atoms with E-state index >= 15 is 0 Å². The van der Waals surface area contributed by atoms with Gasteiger partial charge in [-0.1, -0.05) is 30.3 Å². The number of carbonyl (C=O) groups is 2. The second kappa shape index (κ2) is 10.2. The summed E-state index contributed by atoms with van der Waals surface area (Å²) in [5.74, 6) is -0.791. The van der Waals surface area contributed by atoms with Crippen LogP contribution in [0.15, 0.2) is 30.3 Å². The summed E-state index contributed by atoms with van der Waals surface area (Å²) in [5, 5.41) is 8.91. The number of likely N-dealkylation sites (N-methyl/N-ethyl adjacent to an activating group) is 1. The van der Waals surface area contributed by atoms with Crippen molar-refractivity contribution in [2.75, 3.05) is 39.9 Å². The summed E-state index contributed by atoms with van der Waals surface area (Å²) in [7, 11) is 1.84. The molecule has 0 aliphatic carbocycles. The van der Waals surface area contributed by atoms with Gasteiger partial charge in [-0.15, -0.1) is 0 Å². The predicted octanol–water partition coefficient (Wildman–Crippen LogP) is 1.64. The Hall–Kier alpha value is -1.92. The van der Waals surface area contributed by atoms with Crippen molar-refractivity contribution < 1.29 is 19.4 Å². The molecule has 0 saturated carbocycles. The van der Waals surface area contributed by atoms with Gasteiger partial charge in [0.15, 0.2) is 0 Å². The standard InChI is InChI=1S/C19H28N2O4/c1-20(14-19(23)24)17-8-5-11-21(12-9-17)18(22)15-25-13-10-16-6-3-2-4-7-16/h2-4,6-7,17H,5,8-15H2,1H3,(H,23,24). The van der Waals surface area contributed by atoms with E-state index in [1.54, 1.807) is 0 Å². The van der Waals surface area contributed by atoms with Gasteiger partial charge in [0, 0.05) is 19.1 Å². The summed E-state index contributed by atoms with van der Waals surface area (Å²) in [5.41, 5.74) is 1.20. The molecule has 1 aromatic carbocycles. The van der Waals surface area contributed by atoms with Gasteiger partial charge in [0.25, 0.3) is 0 Å². The van der Waals surface area contributed by atoms with E-state index < -0.39 is 5.97 Å². The van der Waals surface area contributed by atoms with Crippen LogP contribution in [0.4, 0.5) is 0 Å².